The van der Waals surface area contributed by atoms with E-state index >= 15 is 0 Å². The molecule has 1 amide bonds. The second-order valence-electron chi connectivity index (χ2n) is 7.36. The Kier molecular flexibility index (Phi) is 12.1. The van der Waals surface area contributed by atoms with Gasteiger partial charge in [0.25, 0.3) is 0 Å². The smallest absolute Gasteiger partial charge is 0.410 e. The summed E-state index contributed by atoms with van der Waals surface area (Å²) >= 11 is 0. The minimum absolute atomic E-state index is 0. The Morgan fingerprint density at radius 1 is 1.11 bits per heavy atom. The maximum Gasteiger partial charge on any atom is 0.410 e. The highest BCUT2D eigenvalue weighted by atomic mass is 127. The first-order chi connectivity index (χ1) is 12.5. The molecule has 0 atom stereocenters. The Hall–Kier alpha value is -0.980. The van der Waals surface area contributed by atoms with E-state index in [0.717, 1.165) is 13.1 Å². The zero-order valence-corrected chi connectivity index (χ0v) is 19.4. The molecule has 1 rings (SSSR count). The van der Waals surface area contributed by atoms with Crippen molar-refractivity contribution in [3.05, 3.63) is 0 Å². The van der Waals surface area contributed by atoms with Crippen LogP contribution < -0.4 is 10.6 Å². The van der Waals surface area contributed by atoms with Crippen molar-refractivity contribution in [3.8, 4) is 0 Å². The molecule has 0 aromatic rings. The van der Waals surface area contributed by atoms with Crippen molar-refractivity contribution in [2.45, 2.75) is 45.9 Å². The summed E-state index contributed by atoms with van der Waals surface area (Å²) in [6.07, 6.45) is -5.43. The third kappa shape index (κ3) is 12.5. The average Bonchev–Trinajstić information content (AvgIpc) is 2.52. The van der Waals surface area contributed by atoms with Gasteiger partial charge in [-0.05, 0) is 27.7 Å². The molecule has 1 fully saturated rings. The summed E-state index contributed by atoms with van der Waals surface area (Å²) in [4.78, 5) is 19.9. The number of ether oxygens (including phenoxy) is 1. The predicted octanol–water partition coefficient (Wildman–Crippen LogP) is 2.66. The van der Waals surface area contributed by atoms with E-state index in [1.54, 1.807) is 4.90 Å². The highest BCUT2D eigenvalue weighted by Crippen LogP contribution is 2.18. The molecule has 1 saturated heterocycles. The first kappa shape index (κ1) is 27.0. The fourth-order valence-electron chi connectivity index (χ4n) is 2.45. The van der Waals surface area contributed by atoms with Gasteiger partial charge in [0.1, 0.15) is 5.60 Å². The maximum absolute atomic E-state index is 12.2. The van der Waals surface area contributed by atoms with E-state index in [0.29, 0.717) is 38.7 Å². The molecule has 7 nitrogen and oxygen atoms in total. The van der Waals surface area contributed by atoms with Gasteiger partial charge in [-0.2, -0.15) is 13.2 Å². The zero-order valence-electron chi connectivity index (χ0n) is 17.1. The van der Waals surface area contributed by atoms with E-state index in [2.05, 4.69) is 20.5 Å². The molecular formula is C17H33F3IN5O2. The van der Waals surface area contributed by atoms with Gasteiger partial charge in [-0.25, -0.2) is 4.79 Å². The lowest BCUT2D eigenvalue weighted by atomic mass is 10.2. The maximum atomic E-state index is 12.2. The van der Waals surface area contributed by atoms with E-state index in [4.69, 9.17) is 4.74 Å². The number of carbonyl (C=O) groups is 1. The number of hydrogen-bond acceptors (Lipinski definition) is 4. The van der Waals surface area contributed by atoms with Gasteiger partial charge in [-0.3, -0.25) is 9.89 Å². The number of hydrogen-bond donors (Lipinski definition) is 2. The summed E-state index contributed by atoms with van der Waals surface area (Å²) in [5, 5.41) is 5.98. The number of nitrogens with zero attached hydrogens (tertiary/aromatic N) is 3. The monoisotopic (exact) mass is 523 g/mol. The highest BCUT2D eigenvalue weighted by molar-refractivity contribution is 14.0. The fraction of sp³-hybridized carbons (Fsp3) is 0.882. The molecule has 1 heterocycles. The lowest BCUT2D eigenvalue weighted by Gasteiger charge is -2.35. The highest BCUT2D eigenvalue weighted by Gasteiger charge is 2.27. The largest absolute Gasteiger partial charge is 0.444 e. The molecule has 166 valence electrons. The van der Waals surface area contributed by atoms with Crippen molar-refractivity contribution in [2.24, 2.45) is 4.99 Å². The third-order valence-electron chi connectivity index (χ3n) is 3.75. The molecule has 0 saturated carbocycles. The normalized spacial score (nSPS) is 16.4. The van der Waals surface area contributed by atoms with Crippen LogP contribution in [0.2, 0.25) is 0 Å². The second-order valence-corrected chi connectivity index (χ2v) is 7.36. The van der Waals surface area contributed by atoms with Crippen LogP contribution in [-0.4, -0.2) is 86.0 Å². The minimum atomic E-state index is -4.20. The van der Waals surface area contributed by atoms with Crippen LogP contribution >= 0.6 is 24.0 Å². The van der Waals surface area contributed by atoms with Gasteiger partial charge in [0.2, 0.25) is 0 Å². The number of guanidine groups is 1. The first-order valence-corrected chi connectivity index (χ1v) is 9.29. The Bertz CT molecular complexity index is 490. The zero-order chi connectivity index (χ0) is 20.5. The molecule has 1 aliphatic rings. The van der Waals surface area contributed by atoms with Gasteiger partial charge in [-0.1, -0.05) is 0 Å². The number of amides is 1. The van der Waals surface area contributed by atoms with E-state index in [9.17, 15) is 18.0 Å². The predicted molar refractivity (Wildman–Crippen MR) is 114 cm³/mol. The van der Waals surface area contributed by atoms with Crippen LogP contribution in [0, 0.1) is 0 Å². The van der Waals surface area contributed by atoms with E-state index < -0.39 is 18.2 Å². The van der Waals surface area contributed by atoms with Gasteiger partial charge in [0, 0.05) is 45.8 Å². The number of alkyl halides is 3. The lowest BCUT2D eigenvalue weighted by Crippen LogP contribution is -2.51. The quantitative estimate of drug-likeness (QED) is 0.319. The first-order valence-electron chi connectivity index (χ1n) is 9.29. The molecule has 0 unspecified atom stereocenters. The fourth-order valence-corrected chi connectivity index (χ4v) is 2.45. The standard InChI is InChI=1S/C17H32F3N5O2.HI/c1-5-21-14(22-7-6-17(18,19)20)23-8-9-24-10-12-25(13-11-24)15(26)27-16(2,3)4;/h5-13H2,1-4H3,(H2,21,22,23);1H. The van der Waals surface area contributed by atoms with E-state index in [1.807, 2.05) is 27.7 Å². The molecule has 0 aromatic carbocycles. The summed E-state index contributed by atoms with van der Waals surface area (Å²) < 4.78 is 42.0. The van der Waals surface area contributed by atoms with Crippen molar-refractivity contribution < 1.29 is 22.7 Å². The number of halogens is 4. The molecular weight excluding hydrogens is 490 g/mol. The van der Waals surface area contributed by atoms with Crippen LogP contribution in [-0.2, 0) is 4.74 Å². The van der Waals surface area contributed by atoms with Gasteiger partial charge >= 0.3 is 12.3 Å². The molecule has 1 aliphatic heterocycles. The van der Waals surface area contributed by atoms with Crippen molar-refractivity contribution in [3.63, 3.8) is 0 Å². The number of nitrogens with one attached hydrogen (secondary N) is 2. The van der Waals surface area contributed by atoms with Crippen molar-refractivity contribution in [1.82, 2.24) is 20.4 Å². The molecule has 0 spiro atoms. The third-order valence-corrected chi connectivity index (χ3v) is 3.75. The van der Waals surface area contributed by atoms with Crippen molar-refractivity contribution in [1.29, 1.82) is 0 Å². The van der Waals surface area contributed by atoms with E-state index in [-0.39, 0.29) is 36.6 Å². The number of piperazine rings is 1. The molecule has 0 aliphatic carbocycles. The minimum Gasteiger partial charge on any atom is -0.444 e. The van der Waals surface area contributed by atoms with Crippen LogP contribution in [0.5, 0.6) is 0 Å². The van der Waals surface area contributed by atoms with Crippen LogP contribution in [0.1, 0.15) is 34.1 Å². The average molecular weight is 523 g/mol. The topological polar surface area (TPSA) is 69.2 Å². The molecule has 2 N–H and O–H groups in total. The van der Waals surface area contributed by atoms with Crippen molar-refractivity contribution >= 4 is 36.0 Å². The Balaban J connectivity index is 0.00000729. The van der Waals surface area contributed by atoms with E-state index in [1.165, 1.54) is 0 Å². The molecule has 0 aromatic heterocycles. The van der Waals surface area contributed by atoms with Gasteiger partial charge in [0.05, 0.1) is 13.0 Å². The summed E-state index contributed by atoms with van der Waals surface area (Å²) in [6, 6.07) is 0. The van der Waals surface area contributed by atoms with Crippen LogP contribution in [0.4, 0.5) is 18.0 Å². The van der Waals surface area contributed by atoms with Gasteiger partial charge in [-0.15, -0.1) is 24.0 Å². The van der Waals surface area contributed by atoms with Gasteiger partial charge in [0.15, 0.2) is 5.96 Å². The summed E-state index contributed by atoms with van der Waals surface area (Å²) in [7, 11) is 0. The van der Waals surface area contributed by atoms with Crippen LogP contribution in [0.25, 0.3) is 0 Å². The van der Waals surface area contributed by atoms with Crippen LogP contribution in [0.3, 0.4) is 0 Å². The molecule has 11 heteroatoms. The SMILES string of the molecule is CCNC(=NCCC(F)(F)F)NCCN1CCN(C(=O)OC(C)(C)C)CC1.I. The number of carbonyl (C=O) groups excluding carboxylic acids is 1. The van der Waals surface area contributed by atoms with Crippen LogP contribution in [0.15, 0.2) is 4.99 Å². The number of rotatable bonds is 6. The van der Waals surface area contributed by atoms with Crippen molar-refractivity contribution in [2.75, 3.05) is 52.4 Å². The Labute approximate surface area is 182 Å². The molecule has 0 bridgehead atoms. The Morgan fingerprint density at radius 3 is 2.21 bits per heavy atom. The number of aliphatic imine (C=N–C) groups is 1. The Morgan fingerprint density at radius 2 is 1.71 bits per heavy atom. The molecule has 28 heavy (non-hydrogen) atoms. The summed E-state index contributed by atoms with van der Waals surface area (Å²) in [6.45, 7) is 11.6. The van der Waals surface area contributed by atoms with Gasteiger partial charge < -0.3 is 20.3 Å². The second kappa shape index (κ2) is 12.6. The summed E-state index contributed by atoms with van der Waals surface area (Å²) in [5.41, 5.74) is -0.508. The summed E-state index contributed by atoms with van der Waals surface area (Å²) in [5.74, 6) is 0.383. The molecule has 0 radical (unpaired) electrons. The lowest BCUT2D eigenvalue weighted by molar-refractivity contribution is -0.132.